The van der Waals surface area contributed by atoms with E-state index in [9.17, 15) is 19.8 Å². The second kappa shape index (κ2) is 68.8. The summed E-state index contributed by atoms with van der Waals surface area (Å²) in [5, 5.41) is 23.4. The van der Waals surface area contributed by atoms with Gasteiger partial charge in [0.2, 0.25) is 5.91 Å². The average molecular weight is 1110 g/mol. The topological polar surface area (TPSA) is 95.9 Å². The smallest absolute Gasteiger partial charge is 0.305 e. The highest BCUT2D eigenvalue weighted by Crippen LogP contribution is 2.19. The third-order valence-electron chi connectivity index (χ3n) is 17.0. The highest BCUT2D eigenvalue weighted by Gasteiger charge is 2.20. The van der Waals surface area contributed by atoms with Gasteiger partial charge in [0.15, 0.2) is 0 Å². The van der Waals surface area contributed by atoms with Crippen molar-refractivity contribution in [3.63, 3.8) is 0 Å². The number of amides is 1. The number of carbonyl (C=O) groups is 2. The first-order valence-electron chi connectivity index (χ1n) is 36.1. The third kappa shape index (κ3) is 65.4. The molecule has 1 amide bonds. The Labute approximate surface area is 494 Å². The molecule has 0 rings (SSSR count). The zero-order chi connectivity index (χ0) is 57.1. The van der Waals surface area contributed by atoms with Gasteiger partial charge >= 0.3 is 5.97 Å². The highest BCUT2D eigenvalue weighted by molar-refractivity contribution is 5.76. The van der Waals surface area contributed by atoms with E-state index in [0.29, 0.717) is 25.9 Å². The molecule has 0 saturated carbocycles. The Morgan fingerprint density at radius 3 is 0.962 bits per heavy atom. The lowest BCUT2D eigenvalue weighted by Gasteiger charge is -2.22. The van der Waals surface area contributed by atoms with E-state index in [1.165, 1.54) is 327 Å². The van der Waals surface area contributed by atoms with Crippen molar-refractivity contribution in [2.45, 2.75) is 418 Å². The SMILES string of the molecule is CCCCCCCCCCCCCCCCCCCCCCCC(O)C(CO)NC(=O)CCCCCCCCCCCCCCC/C=C\C/C=C\CCCCCCCCCCCOC(=O)CCCCCCCCCCCCCC. The standard InChI is InChI=1S/C73H141NO5/c1-3-5-7-9-11-13-15-17-18-19-20-30-33-36-39-42-45-49-53-57-61-65-71(76)70(69-75)74-72(77)66-62-58-54-50-46-43-40-37-34-31-28-26-24-22-21-23-25-27-29-32-35-38-41-44-48-52-56-60-64-68-79-73(78)67-63-59-55-51-47-16-14-12-10-8-6-4-2/h21,23,27,29,70-71,75-76H,3-20,22,24-26,28,30-69H2,1-2H3,(H,74,77)/b23-21-,29-27-. The van der Waals surface area contributed by atoms with Crippen molar-refractivity contribution >= 4 is 11.9 Å². The van der Waals surface area contributed by atoms with Gasteiger partial charge in [-0.1, -0.05) is 359 Å². The molecule has 0 saturated heterocycles. The van der Waals surface area contributed by atoms with E-state index in [4.69, 9.17) is 4.74 Å². The molecular formula is C73H141NO5. The van der Waals surface area contributed by atoms with E-state index in [1.54, 1.807) is 0 Å². The largest absolute Gasteiger partial charge is 0.466 e. The maximum Gasteiger partial charge on any atom is 0.305 e. The lowest BCUT2D eigenvalue weighted by atomic mass is 10.0. The Hall–Kier alpha value is -1.66. The molecule has 79 heavy (non-hydrogen) atoms. The zero-order valence-electron chi connectivity index (χ0n) is 53.6. The van der Waals surface area contributed by atoms with Crippen LogP contribution in [-0.4, -0.2) is 47.4 Å². The first kappa shape index (κ1) is 77.3. The lowest BCUT2D eigenvalue weighted by molar-refractivity contribution is -0.143. The summed E-state index contributed by atoms with van der Waals surface area (Å²) >= 11 is 0. The van der Waals surface area contributed by atoms with Gasteiger partial charge in [-0.25, -0.2) is 0 Å². The molecule has 0 aliphatic rings. The molecule has 0 aromatic carbocycles. The quantitative estimate of drug-likeness (QED) is 0.0320. The van der Waals surface area contributed by atoms with Crippen LogP contribution in [0.2, 0.25) is 0 Å². The van der Waals surface area contributed by atoms with Gasteiger partial charge in [0.05, 0.1) is 25.4 Å². The van der Waals surface area contributed by atoms with Gasteiger partial charge in [-0.15, -0.1) is 0 Å². The molecule has 6 heteroatoms. The second-order valence-corrected chi connectivity index (χ2v) is 24.9. The highest BCUT2D eigenvalue weighted by atomic mass is 16.5. The fourth-order valence-corrected chi connectivity index (χ4v) is 11.5. The Bertz CT molecular complexity index is 1230. The predicted molar refractivity (Wildman–Crippen MR) is 347 cm³/mol. The Balaban J connectivity index is 3.40. The number of esters is 1. The molecule has 0 aromatic heterocycles. The molecule has 0 spiro atoms. The van der Waals surface area contributed by atoms with Crippen molar-refractivity contribution in [3.05, 3.63) is 24.3 Å². The van der Waals surface area contributed by atoms with Gasteiger partial charge in [0.1, 0.15) is 0 Å². The molecule has 0 radical (unpaired) electrons. The summed E-state index contributed by atoms with van der Waals surface area (Å²) in [5.74, 6) is -0.0179. The summed E-state index contributed by atoms with van der Waals surface area (Å²) < 4.78 is 5.48. The van der Waals surface area contributed by atoms with Crippen LogP contribution in [0.3, 0.4) is 0 Å². The van der Waals surface area contributed by atoms with Crippen LogP contribution >= 0.6 is 0 Å². The molecule has 0 aliphatic carbocycles. The van der Waals surface area contributed by atoms with E-state index in [0.717, 1.165) is 44.9 Å². The summed E-state index contributed by atoms with van der Waals surface area (Å²) in [6, 6.07) is -0.543. The first-order chi connectivity index (χ1) is 39.0. The molecule has 0 heterocycles. The monoisotopic (exact) mass is 1110 g/mol. The minimum absolute atomic E-state index is 0.0135. The van der Waals surface area contributed by atoms with Crippen LogP contribution in [0.15, 0.2) is 24.3 Å². The van der Waals surface area contributed by atoms with Crippen LogP contribution in [0, 0.1) is 0 Å². The number of nitrogens with one attached hydrogen (secondary N) is 1. The van der Waals surface area contributed by atoms with Crippen LogP contribution in [-0.2, 0) is 14.3 Å². The van der Waals surface area contributed by atoms with Gasteiger partial charge in [-0.05, 0) is 57.8 Å². The maximum atomic E-state index is 12.5. The third-order valence-corrected chi connectivity index (χ3v) is 17.0. The lowest BCUT2D eigenvalue weighted by Crippen LogP contribution is -2.45. The van der Waals surface area contributed by atoms with Gasteiger partial charge in [-0.3, -0.25) is 9.59 Å². The van der Waals surface area contributed by atoms with Crippen molar-refractivity contribution in [2.24, 2.45) is 0 Å². The Morgan fingerprint density at radius 1 is 0.354 bits per heavy atom. The zero-order valence-corrected chi connectivity index (χ0v) is 53.6. The summed E-state index contributed by atoms with van der Waals surface area (Å²) in [7, 11) is 0. The number of ether oxygens (including phenoxy) is 1. The van der Waals surface area contributed by atoms with Crippen LogP contribution in [0.1, 0.15) is 406 Å². The molecule has 0 aromatic rings. The number of aliphatic hydroxyl groups excluding tert-OH is 2. The number of hydrogen-bond donors (Lipinski definition) is 3. The van der Waals surface area contributed by atoms with E-state index in [-0.39, 0.29) is 18.5 Å². The van der Waals surface area contributed by atoms with Gasteiger partial charge in [0.25, 0.3) is 0 Å². The fourth-order valence-electron chi connectivity index (χ4n) is 11.5. The van der Waals surface area contributed by atoms with Crippen LogP contribution < -0.4 is 5.32 Å². The molecule has 2 atom stereocenters. The number of allylic oxidation sites excluding steroid dienone is 4. The number of aliphatic hydroxyl groups is 2. The van der Waals surface area contributed by atoms with Crippen LogP contribution in [0.25, 0.3) is 0 Å². The molecule has 0 bridgehead atoms. The number of rotatable bonds is 68. The van der Waals surface area contributed by atoms with E-state index < -0.39 is 12.1 Å². The van der Waals surface area contributed by atoms with Crippen molar-refractivity contribution < 1.29 is 24.5 Å². The molecule has 468 valence electrons. The van der Waals surface area contributed by atoms with E-state index >= 15 is 0 Å². The van der Waals surface area contributed by atoms with Crippen molar-refractivity contribution in [2.75, 3.05) is 13.2 Å². The van der Waals surface area contributed by atoms with Gasteiger partial charge in [0, 0.05) is 12.8 Å². The molecule has 2 unspecified atom stereocenters. The average Bonchev–Trinajstić information content (AvgIpc) is 3.45. The molecular weight excluding hydrogens is 971 g/mol. The minimum atomic E-state index is -0.666. The van der Waals surface area contributed by atoms with Gasteiger partial charge < -0.3 is 20.3 Å². The molecule has 3 N–H and O–H groups in total. The predicted octanol–water partition coefficient (Wildman–Crippen LogP) is 23.3. The van der Waals surface area contributed by atoms with Crippen LogP contribution in [0.4, 0.5) is 0 Å². The van der Waals surface area contributed by atoms with Crippen molar-refractivity contribution in [1.82, 2.24) is 5.32 Å². The molecule has 6 nitrogen and oxygen atoms in total. The number of hydrogen-bond acceptors (Lipinski definition) is 5. The van der Waals surface area contributed by atoms with E-state index in [2.05, 4.69) is 43.5 Å². The van der Waals surface area contributed by atoms with E-state index in [1.807, 2.05) is 0 Å². The van der Waals surface area contributed by atoms with Gasteiger partial charge in [-0.2, -0.15) is 0 Å². The first-order valence-corrected chi connectivity index (χ1v) is 36.1. The molecule has 0 fully saturated rings. The summed E-state index contributed by atoms with van der Waals surface area (Å²) in [4.78, 5) is 24.6. The fraction of sp³-hybridized carbons (Fsp3) is 0.918. The number of unbranched alkanes of at least 4 members (excludes halogenated alkanes) is 53. The second-order valence-electron chi connectivity index (χ2n) is 24.9. The summed E-state index contributed by atoms with van der Waals surface area (Å²) in [6.07, 6.45) is 86.6. The summed E-state index contributed by atoms with van der Waals surface area (Å²) in [5.41, 5.74) is 0. The minimum Gasteiger partial charge on any atom is -0.466 e. The number of carbonyl (C=O) groups excluding carboxylic acids is 2. The molecule has 0 aliphatic heterocycles. The van der Waals surface area contributed by atoms with Crippen molar-refractivity contribution in [3.8, 4) is 0 Å². The Morgan fingerprint density at radius 2 is 0.633 bits per heavy atom. The van der Waals surface area contributed by atoms with Crippen LogP contribution in [0.5, 0.6) is 0 Å². The maximum absolute atomic E-state index is 12.5. The normalized spacial score (nSPS) is 12.6. The summed E-state index contributed by atoms with van der Waals surface area (Å²) in [6.45, 7) is 4.99. The van der Waals surface area contributed by atoms with Crippen molar-refractivity contribution in [1.29, 1.82) is 0 Å². The Kier molecular flexibility index (Phi) is 67.4.